The minimum absolute atomic E-state index is 0.0176. The summed E-state index contributed by atoms with van der Waals surface area (Å²) in [7, 11) is 0. The predicted molar refractivity (Wildman–Crippen MR) is 81.0 cm³/mol. The summed E-state index contributed by atoms with van der Waals surface area (Å²) in [4.78, 5) is 22.7. The van der Waals surface area contributed by atoms with Crippen molar-refractivity contribution in [2.45, 2.75) is 59.0 Å². The third-order valence-corrected chi connectivity index (χ3v) is 3.92. The third kappa shape index (κ3) is 7.46. The normalized spacial score (nSPS) is 22.7. The van der Waals surface area contributed by atoms with Gasteiger partial charge in [-0.05, 0) is 43.9 Å². The van der Waals surface area contributed by atoms with Gasteiger partial charge in [-0.25, -0.2) is 0 Å². The second-order valence-electron chi connectivity index (χ2n) is 6.52. The quantitative estimate of drug-likeness (QED) is 0.649. The summed E-state index contributed by atoms with van der Waals surface area (Å²) in [6.45, 7) is 7.32. The molecule has 0 bridgehead atoms. The fourth-order valence-corrected chi connectivity index (χ4v) is 2.96. The number of rotatable bonds is 10. The highest BCUT2D eigenvalue weighted by Gasteiger charge is 2.31. The molecule has 1 fully saturated rings. The van der Waals surface area contributed by atoms with Gasteiger partial charge in [0.25, 0.3) is 0 Å². The summed E-state index contributed by atoms with van der Waals surface area (Å²) in [6, 6.07) is 0. The molecule has 1 saturated carbocycles. The van der Waals surface area contributed by atoms with Gasteiger partial charge in [-0.1, -0.05) is 13.8 Å². The molecule has 1 aliphatic carbocycles. The summed E-state index contributed by atoms with van der Waals surface area (Å²) in [5.41, 5.74) is 0. The van der Waals surface area contributed by atoms with E-state index >= 15 is 0 Å². The molecule has 0 saturated heterocycles. The van der Waals surface area contributed by atoms with E-state index in [1.165, 1.54) is 0 Å². The Labute approximate surface area is 127 Å². The van der Waals surface area contributed by atoms with Crippen LogP contribution in [-0.2, 0) is 14.3 Å². The van der Waals surface area contributed by atoms with Crippen LogP contribution in [0.3, 0.4) is 0 Å². The van der Waals surface area contributed by atoms with Crippen molar-refractivity contribution in [1.82, 2.24) is 5.32 Å². The van der Waals surface area contributed by atoms with E-state index in [0.29, 0.717) is 30.9 Å². The zero-order chi connectivity index (χ0) is 15.8. The van der Waals surface area contributed by atoms with Crippen molar-refractivity contribution < 1.29 is 19.4 Å². The van der Waals surface area contributed by atoms with Crippen LogP contribution >= 0.6 is 0 Å². The number of carbonyl (C=O) groups is 2. The molecule has 0 aliphatic heterocycles. The molecule has 1 amide bonds. The average molecular weight is 299 g/mol. The summed E-state index contributed by atoms with van der Waals surface area (Å²) >= 11 is 0. The molecule has 122 valence electrons. The van der Waals surface area contributed by atoms with Crippen molar-refractivity contribution in [3.63, 3.8) is 0 Å². The van der Waals surface area contributed by atoms with E-state index in [1.807, 2.05) is 6.92 Å². The van der Waals surface area contributed by atoms with E-state index in [9.17, 15) is 9.59 Å². The largest absolute Gasteiger partial charge is 0.481 e. The lowest BCUT2D eigenvalue weighted by Crippen LogP contribution is -2.37. The minimum Gasteiger partial charge on any atom is -0.481 e. The SMILES string of the molecule is CCOC1CC(CC(=O)NC[C@H](CC(=O)O)CC(C)C)C1. The van der Waals surface area contributed by atoms with Gasteiger partial charge >= 0.3 is 5.97 Å². The van der Waals surface area contributed by atoms with Crippen LogP contribution in [0.1, 0.15) is 52.9 Å². The molecule has 2 N–H and O–H groups in total. The minimum atomic E-state index is -0.798. The number of carbonyl (C=O) groups excluding carboxylic acids is 1. The highest BCUT2D eigenvalue weighted by molar-refractivity contribution is 5.76. The van der Waals surface area contributed by atoms with Gasteiger partial charge in [0.1, 0.15) is 0 Å². The highest BCUT2D eigenvalue weighted by Crippen LogP contribution is 2.32. The summed E-state index contributed by atoms with van der Waals surface area (Å²) in [5.74, 6) is 0.112. The van der Waals surface area contributed by atoms with Crippen molar-refractivity contribution >= 4 is 11.9 Å². The molecule has 0 heterocycles. The Hall–Kier alpha value is -1.10. The second-order valence-corrected chi connectivity index (χ2v) is 6.52. The van der Waals surface area contributed by atoms with E-state index < -0.39 is 5.97 Å². The first-order chi connectivity index (χ1) is 9.90. The van der Waals surface area contributed by atoms with Gasteiger partial charge in [0.2, 0.25) is 5.91 Å². The van der Waals surface area contributed by atoms with Crippen molar-refractivity contribution in [3.05, 3.63) is 0 Å². The van der Waals surface area contributed by atoms with E-state index in [1.54, 1.807) is 0 Å². The molecule has 21 heavy (non-hydrogen) atoms. The first-order valence-corrected chi connectivity index (χ1v) is 8.00. The lowest BCUT2D eigenvalue weighted by Gasteiger charge is -2.34. The number of hydrogen-bond donors (Lipinski definition) is 2. The second kappa shape index (κ2) is 9.03. The zero-order valence-corrected chi connectivity index (χ0v) is 13.4. The molecule has 1 rings (SSSR count). The van der Waals surface area contributed by atoms with Crippen molar-refractivity contribution in [1.29, 1.82) is 0 Å². The van der Waals surface area contributed by atoms with Crippen LogP contribution in [0.4, 0.5) is 0 Å². The van der Waals surface area contributed by atoms with Crippen LogP contribution in [0.2, 0.25) is 0 Å². The van der Waals surface area contributed by atoms with Crippen molar-refractivity contribution in [2.24, 2.45) is 17.8 Å². The van der Waals surface area contributed by atoms with Gasteiger partial charge in [0, 0.05) is 26.0 Å². The van der Waals surface area contributed by atoms with Crippen LogP contribution < -0.4 is 5.32 Å². The Balaban J connectivity index is 2.22. The Kier molecular flexibility index (Phi) is 7.72. The van der Waals surface area contributed by atoms with E-state index in [2.05, 4.69) is 19.2 Å². The maximum atomic E-state index is 11.9. The fraction of sp³-hybridized carbons (Fsp3) is 0.875. The van der Waals surface area contributed by atoms with Crippen LogP contribution in [-0.4, -0.2) is 36.2 Å². The lowest BCUT2D eigenvalue weighted by molar-refractivity contribution is -0.138. The summed E-state index contributed by atoms with van der Waals surface area (Å²) < 4.78 is 5.48. The van der Waals surface area contributed by atoms with Gasteiger partial charge in [0.05, 0.1) is 6.10 Å². The van der Waals surface area contributed by atoms with Gasteiger partial charge in [-0.15, -0.1) is 0 Å². The molecule has 0 unspecified atom stereocenters. The number of amides is 1. The maximum Gasteiger partial charge on any atom is 0.303 e. The Morgan fingerprint density at radius 3 is 2.52 bits per heavy atom. The first-order valence-electron chi connectivity index (χ1n) is 8.00. The van der Waals surface area contributed by atoms with Gasteiger partial charge in [-0.2, -0.15) is 0 Å². The van der Waals surface area contributed by atoms with Crippen molar-refractivity contribution in [2.75, 3.05) is 13.2 Å². The molecule has 0 radical (unpaired) electrons. The molecular formula is C16H29NO4. The molecule has 1 aliphatic rings. The van der Waals surface area contributed by atoms with Crippen LogP contribution in [0.15, 0.2) is 0 Å². The van der Waals surface area contributed by atoms with E-state index in [4.69, 9.17) is 9.84 Å². The van der Waals surface area contributed by atoms with E-state index in [-0.39, 0.29) is 18.2 Å². The Bertz CT molecular complexity index is 337. The van der Waals surface area contributed by atoms with Crippen LogP contribution in [0.25, 0.3) is 0 Å². The summed E-state index contributed by atoms with van der Waals surface area (Å²) in [6.07, 6.45) is 3.73. The van der Waals surface area contributed by atoms with Gasteiger partial charge in [-0.3, -0.25) is 9.59 Å². The van der Waals surface area contributed by atoms with Crippen LogP contribution in [0.5, 0.6) is 0 Å². The Morgan fingerprint density at radius 2 is 2.00 bits per heavy atom. The molecule has 0 aromatic rings. The smallest absolute Gasteiger partial charge is 0.303 e. The first kappa shape index (κ1) is 18.0. The van der Waals surface area contributed by atoms with Gasteiger partial charge in [0.15, 0.2) is 0 Å². The topological polar surface area (TPSA) is 75.6 Å². The van der Waals surface area contributed by atoms with E-state index in [0.717, 1.165) is 25.9 Å². The summed E-state index contributed by atoms with van der Waals surface area (Å²) in [5, 5.41) is 11.8. The standard InChI is InChI=1S/C16H29NO4/c1-4-21-14-6-12(7-14)8-15(18)17-10-13(5-11(2)3)9-16(19)20/h11-14H,4-10H2,1-3H3,(H,17,18)(H,19,20)/t12?,13-,14?/m0/s1. The number of hydrogen-bond acceptors (Lipinski definition) is 3. The average Bonchev–Trinajstić information content (AvgIpc) is 2.32. The van der Waals surface area contributed by atoms with Crippen LogP contribution in [0, 0.1) is 17.8 Å². The third-order valence-electron chi connectivity index (χ3n) is 3.92. The number of ether oxygens (including phenoxy) is 1. The highest BCUT2D eigenvalue weighted by atomic mass is 16.5. The molecule has 0 aromatic carbocycles. The monoisotopic (exact) mass is 299 g/mol. The molecular weight excluding hydrogens is 270 g/mol. The van der Waals surface area contributed by atoms with Crippen molar-refractivity contribution in [3.8, 4) is 0 Å². The number of carboxylic acids is 1. The zero-order valence-electron chi connectivity index (χ0n) is 13.4. The lowest BCUT2D eigenvalue weighted by atomic mass is 9.80. The predicted octanol–water partition coefficient (Wildman–Crippen LogP) is 2.44. The Morgan fingerprint density at radius 1 is 1.33 bits per heavy atom. The number of aliphatic carboxylic acids is 1. The fourth-order valence-electron chi connectivity index (χ4n) is 2.96. The maximum absolute atomic E-state index is 11.9. The molecule has 1 atom stereocenters. The molecule has 5 heteroatoms. The molecule has 0 aromatic heterocycles. The van der Waals surface area contributed by atoms with Gasteiger partial charge < -0.3 is 15.2 Å². The molecule has 5 nitrogen and oxygen atoms in total. The number of carboxylic acid groups (broad SMARTS) is 1. The molecule has 0 spiro atoms. The number of nitrogens with one attached hydrogen (secondary N) is 1.